The van der Waals surface area contributed by atoms with E-state index in [1.807, 2.05) is 6.92 Å². The summed E-state index contributed by atoms with van der Waals surface area (Å²) < 4.78 is 27.1. The maximum absolute atomic E-state index is 12.5. The van der Waals surface area contributed by atoms with Gasteiger partial charge in [-0.2, -0.15) is 0 Å². The largest absolute Gasteiger partial charge is 0.480 e. The fourth-order valence-electron chi connectivity index (χ4n) is 3.14. The second-order valence-corrected chi connectivity index (χ2v) is 9.19. The van der Waals surface area contributed by atoms with Gasteiger partial charge in [-0.1, -0.05) is 13.8 Å². The molecule has 2 rings (SSSR count). The first-order valence-corrected chi connectivity index (χ1v) is 10.8. The van der Waals surface area contributed by atoms with Crippen LogP contribution in [0.4, 0.5) is 0 Å². The van der Waals surface area contributed by atoms with Gasteiger partial charge < -0.3 is 10.4 Å². The fourth-order valence-corrected chi connectivity index (χ4v) is 4.47. The lowest BCUT2D eigenvalue weighted by Gasteiger charge is -2.36. The fraction of sp³-hybridized carbons (Fsp3) is 0.579. The molecular weight excluding hydrogens is 368 g/mol. The Bertz CT molecular complexity index is 781. The Morgan fingerprint density at radius 2 is 1.78 bits per heavy atom. The number of hydrogen-bond donors (Lipinski definition) is 3. The van der Waals surface area contributed by atoms with Crippen molar-refractivity contribution in [1.29, 1.82) is 0 Å². The molecule has 1 aromatic rings. The van der Waals surface area contributed by atoms with E-state index in [0.29, 0.717) is 25.2 Å². The molecule has 27 heavy (non-hydrogen) atoms. The van der Waals surface area contributed by atoms with Gasteiger partial charge in [-0.05, 0) is 69.2 Å². The zero-order chi connectivity index (χ0) is 20.2. The number of carboxylic acid groups (broad SMARTS) is 1. The number of hydrogen-bond acceptors (Lipinski definition) is 4. The topological polar surface area (TPSA) is 113 Å². The Labute approximate surface area is 160 Å². The van der Waals surface area contributed by atoms with Crippen molar-refractivity contribution in [2.24, 2.45) is 5.92 Å². The van der Waals surface area contributed by atoms with Crippen LogP contribution in [-0.4, -0.2) is 37.0 Å². The van der Waals surface area contributed by atoms with Crippen LogP contribution in [0.2, 0.25) is 0 Å². The third-order valence-corrected chi connectivity index (χ3v) is 6.89. The van der Waals surface area contributed by atoms with Crippen LogP contribution in [0.25, 0.3) is 0 Å². The molecule has 0 aromatic heterocycles. The lowest BCUT2D eigenvalue weighted by molar-refractivity contribution is -0.146. The average molecular weight is 397 g/mol. The molecule has 1 unspecified atom stereocenters. The van der Waals surface area contributed by atoms with Gasteiger partial charge in [0.15, 0.2) is 0 Å². The number of amides is 1. The third-order valence-electron chi connectivity index (χ3n) is 5.29. The van der Waals surface area contributed by atoms with Gasteiger partial charge in [0, 0.05) is 11.6 Å². The quantitative estimate of drug-likeness (QED) is 0.655. The van der Waals surface area contributed by atoms with Gasteiger partial charge in [0.1, 0.15) is 5.54 Å². The van der Waals surface area contributed by atoms with Crippen molar-refractivity contribution < 1.29 is 23.1 Å². The number of sulfonamides is 1. The summed E-state index contributed by atoms with van der Waals surface area (Å²) in [4.78, 5) is 24.4. The molecule has 0 heterocycles. The highest BCUT2D eigenvalue weighted by Gasteiger charge is 2.42. The second kappa shape index (κ2) is 8.39. The monoisotopic (exact) mass is 396 g/mol. The molecule has 1 aliphatic carbocycles. The second-order valence-electron chi connectivity index (χ2n) is 7.48. The Kier molecular flexibility index (Phi) is 6.64. The van der Waals surface area contributed by atoms with Gasteiger partial charge in [-0.25, -0.2) is 17.9 Å². The predicted molar refractivity (Wildman–Crippen MR) is 102 cm³/mol. The summed E-state index contributed by atoms with van der Waals surface area (Å²) in [7, 11) is -3.65. The first-order chi connectivity index (χ1) is 12.6. The molecule has 1 saturated carbocycles. The highest BCUT2D eigenvalue weighted by Crippen LogP contribution is 2.32. The van der Waals surface area contributed by atoms with E-state index < -0.39 is 27.4 Å². The van der Waals surface area contributed by atoms with Crippen LogP contribution in [-0.2, 0) is 14.8 Å². The van der Waals surface area contributed by atoms with Crippen molar-refractivity contribution in [3.8, 4) is 0 Å². The van der Waals surface area contributed by atoms with Crippen LogP contribution in [0.15, 0.2) is 29.2 Å². The van der Waals surface area contributed by atoms with Gasteiger partial charge in [0.05, 0.1) is 4.90 Å². The van der Waals surface area contributed by atoms with Crippen molar-refractivity contribution in [3.63, 3.8) is 0 Å². The number of carbonyl (C=O) groups is 2. The molecule has 8 heteroatoms. The van der Waals surface area contributed by atoms with Crippen LogP contribution >= 0.6 is 0 Å². The average Bonchev–Trinajstić information content (AvgIpc) is 2.63. The summed E-state index contributed by atoms with van der Waals surface area (Å²) in [6, 6.07) is 5.33. The Morgan fingerprint density at radius 1 is 1.22 bits per heavy atom. The molecule has 1 amide bonds. The summed E-state index contributed by atoms with van der Waals surface area (Å²) in [5, 5.41) is 12.3. The highest BCUT2D eigenvalue weighted by molar-refractivity contribution is 7.89. The molecule has 1 fully saturated rings. The number of rotatable bonds is 7. The molecule has 3 N–H and O–H groups in total. The molecule has 7 nitrogen and oxygen atoms in total. The van der Waals surface area contributed by atoms with Gasteiger partial charge in [0.25, 0.3) is 5.91 Å². The first-order valence-electron chi connectivity index (χ1n) is 9.28. The third kappa shape index (κ3) is 5.07. The van der Waals surface area contributed by atoms with Crippen molar-refractivity contribution >= 4 is 21.9 Å². The number of carboxylic acids is 1. The van der Waals surface area contributed by atoms with Crippen molar-refractivity contribution in [1.82, 2.24) is 10.0 Å². The Balaban J connectivity index is 2.14. The normalized spacial score (nSPS) is 24.2. The predicted octanol–water partition coefficient (Wildman–Crippen LogP) is 2.53. The summed E-state index contributed by atoms with van der Waals surface area (Å²) in [6.45, 7) is 5.72. The van der Waals surface area contributed by atoms with E-state index in [0.717, 1.165) is 12.8 Å². The van der Waals surface area contributed by atoms with Crippen LogP contribution in [0.1, 0.15) is 63.2 Å². The zero-order valence-corrected chi connectivity index (χ0v) is 16.8. The maximum atomic E-state index is 12.5. The van der Waals surface area contributed by atoms with Gasteiger partial charge in [0.2, 0.25) is 10.0 Å². The SMILES string of the molecule is CCC(C)NS(=O)(=O)c1ccc(C(=O)NC2(C(=O)O)CCC(C)CC2)cc1. The van der Waals surface area contributed by atoms with Crippen molar-refractivity contribution in [3.05, 3.63) is 29.8 Å². The van der Waals surface area contributed by atoms with E-state index in [4.69, 9.17) is 0 Å². The summed E-state index contributed by atoms with van der Waals surface area (Å²) in [5.41, 5.74) is -1.02. The molecule has 1 atom stereocenters. The van der Waals surface area contributed by atoms with Gasteiger partial charge in [-0.15, -0.1) is 0 Å². The maximum Gasteiger partial charge on any atom is 0.329 e. The van der Waals surface area contributed by atoms with E-state index in [9.17, 15) is 23.1 Å². The van der Waals surface area contributed by atoms with E-state index in [-0.39, 0.29) is 16.5 Å². The number of aliphatic carboxylic acids is 1. The van der Waals surface area contributed by atoms with Crippen LogP contribution in [0, 0.1) is 5.92 Å². The lowest BCUT2D eigenvalue weighted by atomic mass is 9.77. The smallest absolute Gasteiger partial charge is 0.329 e. The van der Waals surface area contributed by atoms with Gasteiger partial charge >= 0.3 is 5.97 Å². The van der Waals surface area contributed by atoms with Crippen LogP contribution in [0.3, 0.4) is 0 Å². The van der Waals surface area contributed by atoms with E-state index >= 15 is 0 Å². The number of nitrogens with one attached hydrogen (secondary N) is 2. The molecule has 150 valence electrons. The molecule has 1 aliphatic rings. The molecule has 0 radical (unpaired) electrons. The Hall–Kier alpha value is -1.93. The van der Waals surface area contributed by atoms with Crippen LogP contribution in [0.5, 0.6) is 0 Å². The molecular formula is C19H28N2O5S. The van der Waals surface area contributed by atoms with E-state index in [2.05, 4.69) is 17.0 Å². The summed E-state index contributed by atoms with van der Waals surface area (Å²) >= 11 is 0. The van der Waals surface area contributed by atoms with Crippen molar-refractivity contribution in [2.45, 2.75) is 69.4 Å². The van der Waals surface area contributed by atoms with Gasteiger partial charge in [-0.3, -0.25) is 4.79 Å². The number of benzene rings is 1. The molecule has 0 bridgehead atoms. The van der Waals surface area contributed by atoms with Crippen molar-refractivity contribution in [2.75, 3.05) is 0 Å². The van der Waals surface area contributed by atoms with E-state index in [1.54, 1.807) is 6.92 Å². The first kappa shape index (κ1) is 21.4. The Morgan fingerprint density at radius 3 is 2.26 bits per heavy atom. The molecule has 0 saturated heterocycles. The molecule has 0 spiro atoms. The summed E-state index contributed by atoms with van der Waals surface area (Å²) in [5.74, 6) is -1.10. The molecule has 0 aliphatic heterocycles. The summed E-state index contributed by atoms with van der Waals surface area (Å²) in [6.07, 6.45) is 2.92. The zero-order valence-electron chi connectivity index (χ0n) is 16.0. The minimum Gasteiger partial charge on any atom is -0.480 e. The lowest BCUT2D eigenvalue weighted by Crippen LogP contribution is -2.56. The van der Waals surface area contributed by atoms with Crippen LogP contribution < -0.4 is 10.0 Å². The number of carbonyl (C=O) groups excluding carboxylic acids is 1. The highest BCUT2D eigenvalue weighted by atomic mass is 32.2. The standard InChI is InChI=1S/C19H28N2O5S/c1-4-14(3)21-27(25,26)16-7-5-15(6-8-16)17(22)20-19(18(23)24)11-9-13(2)10-12-19/h5-8,13-14,21H,4,9-12H2,1-3H3,(H,20,22)(H,23,24). The molecule has 1 aromatic carbocycles. The minimum absolute atomic E-state index is 0.0683. The minimum atomic E-state index is -3.65. The van der Waals surface area contributed by atoms with E-state index in [1.165, 1.54) is 24.3 Å².